The van der Waals surface area contributed by atoms with Gasteiger partial charge in [0.15, 0.2) is 10.9 Å². The molecule has 1 aromatic carbocycles. The maximum Gasteiger partial charge on any atom is 0.187 e. The molecule has 0 fully saturated rings. The first kappa shape index (κ1) is 12.4. The molecule has 0 radical (unpaired) electrons. The highest BCUT2D eigenvalue weighted by molar-refractivity contribution is 7.99. The predicted molar refractivity (Wildman–Crippen MR) is 75.6 cm³/mol. The molecule has 1 aliphatic carbocycles. The lowest BCUT2D eigenvalue weighted by atomic mass is 10.0. The second-order valence-corrected chi connectivity index (χ2v) is 5.52. The Labute approximate surface area is 116 Å². The van der Waals surface area contributed by atoms with Gasteiger partial charge in [-0.3, -0.25) is 4.79 Å². The van der Waals surface area contributed by atoms with Crippen molar-refractivity contribution in [2.45, 2.75) is 24.4 Å². The molecular weight excluding hydrogens is 256 g/mol. The van der Waals surface area contributed by atoms with E-state index in [9.17, 15) is 4.79 Å². The molecule has 3 nitrogen and oxygen atoms in total. The molecule has 0 amide bonds. The van der Waals surface area contributed by atoms with Crippen molar-refractivity contribution in [1.82, 2.24) is 9.97 Å². The summed E-state index contributed by atoms with van der Waals surface area (Å²) in [5.41, 5.74) is 3.55. The van der Waals surface area contributed by atoms with Gasteiger partial charge >= 0.3 is 0 Å². The third-order valence-corrected chi connectivity index (χ3v) is 4.17. The van der Waals surface area contributed by atoms with E-state index in [1.807, 2.05) is 6.07 Å². The third kappa shape index (κ3) is 2.84. The second-order valence-electron chi connectivity index (χ2n) is 4.58. The van der Waals surface area contributed by atoms with Crippen LogP contribution in [0.15, 0.2) is 41.8 Å². The molecule has 1 aromatic heterocycles. The number of aromatic nitrogens is 2. The molecular formula is C15H14N2OS. The summed E-state index contributed by atoms with van der Waals surface area (Å²) in [5, 5.41) is 0.650. The van der Waals surface area contributed by atoms with Crippen molar-refractivity contribution in [3.63, 3.8) is 0 Å². The van der Waals surface area contributed by atoms with Crippen LogP contribution >= 0.6 is 11.8 Å². The van der Waals surface area contributed by atoms with Crippen LogP contribution in [0.2, 0.25) is 0 Å². The third-order valence-electron chi connectivity index (χ3n) is 3.29. The maximum absolute atomic E-state index is 12.1. The Hall–Kier alpha value is -1.68. The molecule has 0 spiro atoms. The zero-order valence-electron chi connectivity index (χ0n) is 10.5. The zero-order chi connectivity index (χ0) is 13.1. The highest BCUT2D eigenvalue weighted by Gasteiger charge is 2.14. The lowest BCUT2D eigenvalue weighted by Crippen LogP contribution is -2.04. The lowest BCUT2D eigenvalue weighted by Gasteiger charge is -2.04. The van der Waals surface area contributed by atoms with E-state index in [-0.39, 0.29) is 5.78 Å². The van der Waals surface area contributed by atoms with Crippen LogP contribution in [-0.2, 0) is 12.8 Å². The van der Waals surface area contributed by atoms with E-state index < -0.39 is 0 Å². The van der Waals surface area contributed by atoms with Gasteiger partial charge in [-0.1, -0.05) is 23.9 Å². The number of Topliss-reactive ketones (excluding diaryl/α,β-unsaturated/α-hetero) is 1. The summed E-state index contributed by atoms with van der Waals surface area (Å²) < 4.78 is 0. The summed E-state index contributed by atoms with van der Waals surface area (Å²) in [6, 6.07) is 7.86. The molecule has 0 saturated heterocycles. The van der Waals surface area contributed by atoms with Crippen molar-refractivity contribution in [3.8, 4) is 0 Å². The van der Waals surface area contributed by atoms with Crippen LogP contribution in [0.25, 0.3) is 0 Å². The number of carbonyl (C=O) groups excluding carboxylic acids is 1. The van der Waals surface area contributed by atoms with Crippen molar-refractivity contribution in [2.24, 2.45) is 0 Å². The van der Waals surface area contributed by atoms with Crippen LogP contribution in [0.3, 0.4) is 0 Å². The Balaban J connectivity index is 1.67. The van der Waals surface area contributed by atoms with Crippen LogP contribution in [0.4, 0.5) is 0 Å². The Morgan fingerprint density at radius 3 is 2.79 bits per heavy atom. The van der Waals surface area contributed by atoms with Gasteiger partial charge in [-0.15, -0.1) is 0 Å². The van der Waals surface area contributed by atoms with Crippen molar-refractivity contribution in [1.29, 1.82) is 0 Å². The highest BCUT2D eigenvalue weighted by Crippen LogP contribution is 2.23. The molecule has 1 aliphatic rings. The summed E-state index contributed by atoms with van der Waals surface area (Å²) >= 11 is 1.38. The molecule has 0 bridgehead atoms. The second kappa shape index (κ2) is 5.53. The molecule has 4 heteroatoms. The molecule has 2 aromatic rings. The van der Waals surface area contributed by atoms with Crippen LogP contribution in [0, 0.1) is 0 Å². The summed E-state index contributed by atoms with van der Waals surface area (Å²) in [6.45, 7) is 0. The van der Waals surface area contributed by atoms with Crippen LogP contribution in [0.1, 0.15) is 27.9 Å². The smallest absolute Gasteiger partial charge is 0.187 e. The summed E-state index contributed by atoms with van der Waals surface area (Å²) in [5.74, 6) is 0.537. The first-order valence-electron chi connectivity index (χ1n) is 6.38. The minimum atomic E-state index is 0.146. The minimum absolute atomic E-state index is 0.146. The molecule has 96 valence electrons. The predicted octanol–water partition coefficient (Wildman–Crippen LogP) is 2.94. The maximum atomic E-state index is 12.1. The number of carbonyl (C=O) groups is 1. The number of benzene rings is 1. The first-order valence-corrected chi connectivity index (χ1v) is 7.36. The van der Waals surface area contributed by atoms with E-state index in [2.05, 4.69) is 22.1 Å². The number of nitrogens with zero attached hydrogens (tertiary/aromatic N) is 2. The number of hydrogen-bond donors (Lipinski definition) is 0. The molecule has 0 saturated carbocycles. The average molecular weight is 270 g/mol. The van der Waals surface area contributed by atoms with E-state index >= 15 is 0 Å². The molecule has 0 N–H and O–H groups in total. The lowest BCUT2D eigenvalue weighted by molar-refractivity contribution is 0.102. The fourth-order valence-electron chi connectivity index (χ4n) is 2.32. The molecule has 0 unspecified atom stereocenters. The van der Waals surface area contributed by atoms with Gasteiger partial charge in [0.1, 0.15) is 0 Å². The fraction of sp³-hybridized carbons (Fsp3) is 0.267. The number of thioether (sulfide) groups is 1. The van der Waals surface area contributed by atoms with Gasteiger partial charge < -0.3 is 0 Å². The number of fused-ring (bicyclic) bond motifs is 1. The van der Waals surface area contributed by atoms with Gasteiger partial charge in [0.2, 0.25) is 0 Å². The monoisotopic (exact) mass is 270 g/mol. The summed E-state index contributed by atoms with van der Waals surface area (Å²) in [4.78, 5) is 20.3. The topological polar surface area (TPSA) is 42.9 Å². The van der Waals surface area contributed by atoms with Gasteiger partial charge in [0, 0.05) is 18.0 Å². The van der Waals surface area contributed by atoms with Crippen molar-refractivity contribution >= 4 is 17.5 Å². The molecule has 1 heterocycles. The Morgan fingerprint density at radius 2 is 1.95 bits per heavy atom. The minimum Gasteiger partial charge on any atom is -0.293 e. The zero-order valence-corrected chi connectivity index (χ0v) is 11.3. The average Bonchev–Trinajstić information content (AvgIpc) is 2.93. The van der Waals surface area contributed by atoms with E-state index in [1.54, 1.807) is 18.5 Å². The first-order chi connectivity index (χ1) is 9.33. The fourth-order valence-corrected chi connectivity index (χ4v) is 3.02. The van der Waals surface area contributed by atoms with Crippen molar-refractivity contribution in [3.05, 3.63) is 53.3 Å². The van der Waals surface area contributed by atoms with E-state index in [4.69, 9.17) is 0 Å². The number of aryl methyl sites for hydroxylation is 2. The Kier molecular flexibility index (Phi) is 3.60. The summed E-state index contributed by atoms with van der Waals surface area (Å²) in [7, 11) is 0. The van der Waals surface area contributed by atoms with Crippen LogP contribution < -0.4 is 0 Å². The molecule has 3 rings (SSSR count). The van der Waals surface area contributed by atoms with Crippen molar-refractivity contribution < 1.29 is 4.79 Å². The SMILES string of the molecule is O=C(CSc1ncccn1)c1ccc2c(c1)CCC2. The Bertz CT molecular complexity index is 598. The van der Waals surface area contributed by atoms with E-state index in [0.717, 1.165) is 18.4 Å². The number of rotatable bonds is 4. The molecule has 0 atom stereocenters. The Morgan fingerprint density at radius 1 is 1.16 bits per heavy atom. The molecule has 19 heavy (non-hydrogen) atoms. The standard InChI is InChI=1S/C15H14N2OS/c18-14(10-19-15-16-7-2-8-17-15)13-6-5-11-3-1-4-12(11)9-13/h2,5-9H,1,3-4,10H2. The van der Waals surface area contributed by atoms with E-state index in [1.165, 1.54) is 29.3 Å². The van der Waals surface area contributed by atoms with Crippen molar-refractivity contribution in [2.75, 3.05) is 5.75 Å². The van der Waals surface area contributed by atoms with Gasteiger partial charge in [-0.25, -0.2) is 9.97 Å². The number of ketones is 1. The summed E-state index contributed by atoms with van der Waals surface area (Å²) in [6.07, 6.45) is 6.84. The van der Waals surface area contributed by atoms with Gasteiger partial charge in [-0.05, 0) is 42.5 Å². The molecule has 0 aliphatic heterocycles. The van der Waals surface area contributed by atoms with Gasteiger partial charge in [-0.2, -0.15) is 0 Å². The van der Waals surface area contributed by atoms with Crippen LogP contribution in [-0.4, -0.2) is 21.5 Å². The largest absolute Gasteiger partial charge is 0.293 e. The van der Waals surface area contributed by atoms with Gasteiger partial charge in [0.25, 0.3) is 0 Å². The highest BCUT2D eigenvalue weighted by atomic mass is 32.2. The van der Waals surface area contributed by atoms with E-state index in [0.29, 0.717) is 10.9 Å². The normalized spacial score (nSPS) is 13.3. The van der Waals surface area contributed by atoms with Gasteiger partial charge in [0.05, 0.1) is 5.75 Å². The number of hydrogen-bond acceptors (Lipinski definition) is 4. The van der Waals surface area contributed by atoms with Crippen LogP contribution in [0.5, 0.6) is 0 Å². The quantitative estimate of drug-likeness (QED) is 0.487.